The molecule has 2 amide bonds. The number of halogens is 1. The number of H-pyrrole nitrogens is 1. The summed E-state index contributed by atoms with van der Waals surface area (Å²) in [6.45, 7) is 2.24. The Morgan fingerprint density at radius 3 is 2.42 bits per heavy atom. The van der Waals surface area contributed by atoms with Crippen molar-refractivity contribution in [2.24, 2.45) is 0 Å². The molecule has 10 nitrogen and oxygen atoms in total. The molecular formula is C39H54IN3O7. The molecule has 11 heteroatoms. The van der Waals surface area contributed by atoms with Crippen molar-refractivity contribution in [3.63, 3.8) is 0 Å². The second-order valence-electron chi connectivity index (χ2n) is 13.1. The van der Waals surface area contributed by atoms with Gasteiger partial charge in [-0.15, -0.1) is 0 Å². The zero-order valence-electron chi connectivity index (χ0n) is 29.5. The SMILES string of the molecule is CCCCCCCCCCCC(=O)N(CCc1cc2ccccc2[nH]1)[C@@H]1CC(C(=O)NCCO)=C[C@H](Oc2c(I)cc(CO)cc2OC)[C@H]1O. The molecule has 0 saturated carbocycles. The van der Waals surface area contributed by atoms with E-state index in [0.29, 0.717) is 45.6 Å². The van der Waals surface area contributed by atoms with Crippen molar-refractivity contribution in [1.82, 2.24) is 15.2 Å². The molecule has 1 heterocycles. The van der Waals surface area contributed by atoms with E-state index >= 15 is 0 Å². The number of carbonyl (C=O) groups is 2. The highest BCUT2D eigenvalue weighted by molar-refractivity contribution is 14.1. The van der Waals surface area contributed by atoms with Crippen molar-refractivity contribution in [2.45, 2.75) is 109 Å². The second-order valence-corrected chi connectivity index (χ2v) is 14.2. The maximum absolute atomic E-state index is 14.1. The van der Waals surface area contributed by atoms with Crippen LogP contribution in [0.25, 0.3) is 10.9 Å². The fraction of sp³-hybridized carbons (Fsp3) is 0.538. The lowest BCUT2D eigenvalue weighted by molar-refractivity contribution is -0.138. The summed E-state index contributed by atoms with van der Waals surface area (Å²) in [5.41, 5.74) is 3.00. The monoisotopic (exact) mass is 803 g/mol. The van der Waals surface area contributed by atoms with Crippen LogP contribution in [-0.4, -0.2) is 82.1 Å². The number of unbranched alkanes of at least 4 members (excludes halogenated alkanes) is 8. The van der Waals surface area contributed by atoms with E-state index < -0.39 is 18.2 Å². The van der Waals surface area contributed by atoms with Crippen LogP contribution in [0.4, 0.5) is 0 Å². The molecule has 0 aliphatic heterocycles. The summed E-state index contributed by atoms with van der Waals surface area (Å²) in [7, 11) is 1.50. The fourth-order valence-electron chi connectivity index (χ4n) is 6.61. The van der Waals surface area contributed by atoms with E-state index in [-0.39, 0.29) is 38.0 Å². The van der Waals surface area contributed by atoms with Crippen LogP contribution >= 0.6 is 22.6 Å². The number of aromatic amines is 1. The van der Waals surface area contributed by atoms with Crippen LogP contribution < -0.4 is 14.8 Å². The van der Waals surface area contributed by atoms with E-state index in [1.54, 1.807) is 23.1 Å². The number of aliphatic hydroxyl groups is 3. The molecule has 3 aromatic rings. The van der Waals surface area contributed by atoms with E-state index in [0.717, 1.165) is 35.9 Å². The first-order valence-corrected chi connectivity index (χ1v) is 19.1. The molecule has 1 aromatic heterocycles. The number of aromatic nitrogens is 1. The number of nitrogens with one attached hydrogen (secondary N) is 2. The minimum Gasteiger partial charge on any atom is -0.493 e. The smallest absolute Gasteiger partial charge is 0.247 e. The summed E-state index contributed by atoms with van der Waals surface area (Å²) in [5.74, 6) is 0.297. The van der Waals surface area contributed by atoms with E-state index in [4.69, 9.17) is 9.47 Å². The summed E-state index contributed by atoms with van der Waals surface area (Å²) in [6, 6.07) is 12.8. The van der Waals surface area contributed by atoms with E-state index in [1.807, 2.05) is 24.3 Å². The number of fused-ring (bicyclic) bond motifs is 1. The fourth-order valence-corrected chi connectivity index (χ4v) is 7.40. The Morgan fingerprint density at radius 1 is 1.02 bits per heavy atom. The van der Waals surface area contributed by atoms with Crippen molar-refractivity contribution in [3.8, 4) is 11.5 Å². The summed E-state index contributed by atoms with van der Waals surface area (Å²) >= 11 is 2.09. The highest BCUT2D eigenvalue weighted by Crippen LogP contribution is 2.37. The normalized spacial score (nSPS) is 17.4. The predicted molar refractivity (Wildman–Crippen MR) is 204 cm³/mol. The zero-order valence-corrected chi connectivity index (χ0v) is 31.6. The summed E-state index contributed by atoms with van der Waals surface area (Å²) in [6.07, 6.45) is 10.7. The van der Waals surface area contributed by atoms with Crippen LogP contribution in [-0.2, 0) is 22.6 Å². The lowest BCUT2D eigenvalue weighted by atomic mass is 9.87. The quantitative estimate of drug-likeness (QED) is 0.0640. The molecule has 0 saturated heterocycles. The summed E-state index contributed by atoms with van der Waals surface area (Å²) in [4.78, 5) is 32.6. The third-order valence-corrected chi connectivity index (χ3v) is 10.2. The molecule has 274 valence electrons. The summed E-state index contributed by atoms with van der Waals surface area (Å²) in [5, 5.41) is 34.9. The van der Waals surface area contributed by atoms with Crippen molar-refractivity contribution < 1.29 is 34.4 Å². The minimum absolute atomic E-state index is 0.0664. The van der Waals surface area contributed by atoms with E-state index in [2.05, 4.69) is 45.9 Å². The average molecular weight is 804 g/mol. The van der Waals surface area contributed by atoms with Crippen molar-refractivity contribution in [3.05, 3.63) is 68.9 Å². The first-order chi connectivity index (χ1) is 24.3. The molecule has 0 fully saturated rings. The predicted octanol–water partition coefficient (Wildman–Crippen LogP) is 6.18. The lowest BCUT2D eigenvalue weighted by Crippen LogP contribution is -2.55. The van der Waals surface area contributed by atoms with Crippen LogP contribution in [0.1, 0.15) is 88.8 Å². The molecule has 5 N–H and O–H groups in total. The number of rotatable bonds is 21. The number of benzene rings is 2. The van der Waals surface area contributed by atoms with Gasteiger partial charge >= 0.3 is 0 Å². The number of para-hydroxylation sites is 1. The Kier molecular flexibility index (Phi) is 16.4. The maximum atomic E-state index is 14.1. The van der Waals surface area contributed by atoms with Gasteiger partial charge in [0.15, 0.2) is 11.5 Å². The summed E-state index contributed by atoms with van der Waals surface area (Å²) < 4.78 is 12.7. The molecule has 3 atom stereocenters. The molecule has 50 heavy (non-hydrogen) atoms. The van der Waals surface area contributed by atoms with Crippen LogP contribution in [0.15, 0.2) is 54.1 Å². The van der Waals surface area contributed by atoms with Gasteiger partial charge in [-0.2, -0.15) is 0 Å². The number of carbonyl (C=O) groups excluding carboxylic acids is 2. The molecule has 1 aliphatic rings. The third kappa shape index (κ3) is 11.2. The Balaban J connectivity index is 1.57. The van der Waals surface area contributed by atoms with Crippen molar-refractivity contribution in [1.29, 1.82) is 0 Å². The topological polar surface area (TPSA) is 144 Å². The molecule has 0 unspecified atom stereocenters. The van der Waals surface area contributed by atoms with Gasteiger partial charge in [0.05, 0.1) is 29.9 Å². The number of ether oxygens (including phenoxy) is 2. The maximum Gasteiger partial charge on any atom is 0.247 e. The van der Waals surface area contributed by atoms with Crippen molar-refractivity contribution >= 4 is 45.3 Å². The molecule has 4 rings (SSSR count). The van der Waals surface area contributed by atoms with Gasteiger partial charge in [0.25, 0.3) is 0 Å². The number of hydrogen-bond donors (Lipinski definition) is 5. The first kappa shape index (κ1) is 39.7. The molecule has 0 spiro atoms. The average Bonchev–Trinajstić information content (AvgIpc) is 3.54. The van der Waals surface area contributed by atoms with Gasteiger partial charge in [0.1, 0.15) is 12.2 Å². The van der Waals surface area contributed by atoms with Gasteiger partial charge in [0.2, 0.25) is 11.8 Å². The Bertz CT molecular complexity index is 1520. The standard InChI is InChI=1S/C39H54IN3O7/c1-3-4-5-6-7-8-9-10-11-16-36(46)43(19-17-30-23-28-14-12-13-15-32(28)42-30)33-24-29(39(48)41-18-20-44)25-34(37(33)47)50-38-31(40)21-27(26-45)22-35(38)49-2/h12-15,21-23,25,33-34,37,42,44-45,47H,3-11,16-20,24,26H2,1-2H3,(H,41,48)/t33-,34+,37+/m1/s1. The van der Waals surface area contributed by atoms with E-state index in [9.17, 15) is 24.9 Å². The number of aliphatic hydroxyl groups excluding tert-OH is 3. The Hall–Kier alpha value is -3.13. The van der Waals surface area contributed by atoms with Crippen molar-refractivity contribution in [2.75, 3.05) is 26.8 Å². The zero-order chi connectivity index (χ0) is 35.9. The second kappa shape index (κ2) is 20.7. The van der Waals surface area contributed by atoms with Gasteiger partial charge in [-0.25, -0.2) is 0 Å². The van der Waals surface area contributed by atoms with Crippen LogP contribution in [0, 0.1) is 3.57 Å². The third-order valence-electron chi connectivity index (χ3n) is 9.36. The lowest BCUT2D eigenvalue weighted by Gasteiger charge is -2.40. The van der Waals surface area contributed by atoms with Gasteiger partial charge in [-0.3, -0.25) is 9.59 Å². The van der Waals surface area contributed by atoms with Gasteiger partial charge in [0, 0.05) is 49.1 Å². The highest BCUT2D eigenvalue weighted by Gasteiger charge is 2.40. The van der Waals surface area contributed by atoms with E-state index in [1.165, 1.54) is 45.6 Å². The van der Waals surface area contributed by atoms with Crippen LogP contribution in [0.2, 0.25) is 0 Å². The van der Waals surface area contributed by atoms with Gasteiger partial charge < -0.3 is 40.0 Å². The Labute approximate surface area is 309 Å². The number of nitrogens with zero attached hydrogens (tertiary/aromatic N) is 1. The number of methoxy groups -OCH3 is 1. The molecule has 0 radical (unpaired) electrons. The van der Waals surface area contributed by atoms with Crippen LogP contribution in [0.3, 0.4) is 0 Å². The largest absolute Gasteiger partial charge is 0.493 e. The molecule has 0 bridgehead atoms. The number of amides is 2. The van der Waals surface area contributed by atoms with Crippen LogP contribution in [0.5, 0.6) is 11.5 Å². The highest BCUT2D eigenvalue weighted by atomic mass is 127. The molecular weight excluding hydrogens is 749 g/mol. The molecule has 2 aromatic carbocycles. The Morgan fingerprint density at radius 2 is 1.74 bits per heavy atom. The molecule has 1 aliphatic carbocycles. The minimum atomic E-state index is -1.16. The first-order valence-electron chi connectivity index (χ1n) is 18.1. The van der Waals surface area contributed by atoms with Gasteiger partial charge in [-0.05, 0) is 70.3 Å². The van der Waals surface area contributed by atoms with Gasteiger partial charge in [-0.1, -0.05) is 76.5 Å². The number of hydrogen-bond acceptors (Lipinski definition) is 7.